The standard InChI is InChI=1S/C25H30N4O3S/c1-4-17-9-16-7-14(2)8-18(10-16)25(17,23(31)32-3)29-24-27-20(22(30)28-24)11-15-5-6-19-21(12-15)33-13-26-19/h5-6,11-14,16-18H,4,7-10H2,1-3H3,(H2,27,28,29,30)/b20-11-. The molecule has 1 aromatic heterocycles. The fourth-order valence-corrected chi connectivity index (χ4v) is 7.00. The van der Waals surface area contributed by atoms with E-state index in [1.165, 1.54) is 13.5 Å². The molecule has 174 valence electrons. The zero-order valence-corrected chi connectivity index (χ0v) is 20.1. The number of nitrogens with one attached hydrogen (secondary N) is 2. The lowest BCUT2D eigenvalue weighted by Gasteiger charge is -2.51. The Morgan fingerprint density at radius 3 is 2.94 bits per heavy atom. The number of nitrogens with zero attached hydrogens (tertiary/aromatic N) is 2. The van der Waals surface area contributed by atoms with Gasteiger partial charge in [0.05, 0.1) is 22.8 Å². The van der Waals surface area contributed by atoms with E-state index >= 15 is 0 Å². The third kappa shape index (κ3) is 3.84. The lowest BCUT2D eigenvalue weighted by molar-refractivity contribution is -0.157. The molecule has 1 aliphatic heterocycles. The number of hydrogen-bond donors (Lipinski definition) is 2. The predicted octanol–water partition coefficient (Wildman–Crippen LogP) is 4.11. The number of thiazole rings is 1. The van der Waals surface area contributed by atoms with Gasteiger partial charge in [-0.15, -0.1) is 11.3 Å². The van der Waals surface area contributed by atoms with Gasteiger partial charge in [0.15, 0.2) is 5.54 Å². The second-order valence-electron chi connectivity index (χ2n) is 9.71. The van der Waals surface area contributed by atoms with Gasteiger partial charge in [-0.2, -0.15) is 0 Å². The number of carbonyl (C=O) groups excluding carboxylic acids is 2. The van der Waals surface area contributed by atoms with Crippen LogP contribution in [0.5, 0.6) is 0 Å². The van der Waals surface area contributed by atoms with E-state index in [9.17, 15) is 9.59 Å². The number of ether oxygens (including phenoxy) is 1. The molecule has 1 saturated heterocycles. The number of aliphatic imine (C=N–C) groups is 1. The maximum Gasteiger partial charge on any atom is 0.334 e. The van der Waals surface area contributed by atoms with Gasteiger partial charge >= 0.3 is 5.97 Å². The van der Waals surface area contributed by atoms with Crippen LogP contribution >= 0.6 is 11.3 Å². The minimum Gasteiger partial charge on any atom is -0.467 e. The van der Waals surface area contributed by atoms with Gasteiger partial charge in [-0.1, -0.05) is 26.3 Å². The monoisotopic (exact) mass is 466 g/mol. The summed E-state index contributed by atoms with van der Waals surface area (Å²) in [6, 6.07) is 5.89. The molecule has 33 heavy (non-hydrogen) atoms. The van der Waals surface area contributed by atoms with Crippen molar-refractivity contribution in [2.75, 3.05) is 7.11 Å². The molecule has 3 fully saturated rings. The number of methoxy groups -OCH3 is 1. The molecule has 3 aliphatic rings. The molecule has 5 atom stereocenters. The van der Waals surface area contributed by atoms with E-state index in [1.54, 1.807) is 17.4 Å². The van der Waals surface area contributed by atoms with E-state index in [0.717, 1.165) is 41.5 Å². The smallest absolute Gasteiger partial charge is 0.334 e. The predicted molar refractivity (Wildman–Crippen MR) is 129 cm³/mol. The first-order valence-electron chi connectivity index (χ1n) is 11.7. The minimum atomic E-state index is -0.971. The molecule has 5 rings (SSSR count). The van der Waals surface area contributed by atoms with E-state index in [-0.39, 0.29) is 23.7 Å². The van der Waals surface area contributed by atoms with Crippen molar-refractivity contribution in [3.63, 3.8) is 0 Å². The molecule has 8 heteroatoms. The zero-order chi connectivity index (χ0) is 23.2. The Bertz CT molecular complexity index is 1150. The van der Waals surface area contributed by atoms with Gasteiger partial charge in [-0.3, -0.25) is 10.1 Å². The van der Waals surface area contributed by atoms with Crippen molar-refractivity contribution in [2.24, 2.45) is 28.7 Å². The molecule has 7 nitrogen and oxygen atoms in total. The minimum absolute atomic E-state index is 0.0918. The normalized spacial score (nSPS) is 33.8. The summed E-state index contributed by atoms with van der Waals surface area (Å²) in [6.45, 7) is 4.38. The van der Waals surface area contributed by atoms with Crippen molar-refractivity contribution in [3.05, 3.63) is 35.0 Å². The summed E-state index contributed by atoms with van der Waals surface area (Å²) in [5.41, 5.74) is 3.10. The molecule has 1 aromatic carbocycles. The van der Waals surface area contributed by atoms with Gasteiger partial charge in [0, 0.05) is 0 Å². The molecule has 1 amide bonds. The van der Waals surface area contributed by atoms with Gasteiger partial charge in [0.1, 0.15) is 5.70 Å². The third-order valence-electron chi connectivity index (χ3n) is 7.60. The quantitative estimate of drug-likeness (QED) is 0.523. The van der Waals surface area contributed by atoms with E-state index in [1.807, 2.05) is 23.7 Å². The molecule has 0 radical (unpaired) electrons. The molecule has 2 saturated carbocycles. The van der Waals surface area contributed by atoms with Crippen molar-refractivity contribution >= 4 is 45.5 Å². The number of carbonyl (C=O) groups is 2. The average Bonchev–Trinajstić information content (AvgIpc) is 3.40. The van der Waals surface area contributed by atoms with E-state index in [2.05, 4.69) is 29.5 Å². The van der Waals surface area contributed by atoms with Gasteiger partial charge in [0.2, 0.25) is 5.96 Å². The molecule has 2 heterocycles. The second-order valence-corrected chi connectivity index (χ2v) is 10.6. The highest BCUT2D eigenvalue weighted by molar-refractivity contribution is 7.16. The molecular formula is C25H30N4O3S. The number of rotatable bonds is 4. The topological polar surface area (TPSA) is 92.7 Å². The maximum absolute atomic E-state index is 13.3. The molecule has 2 aromatic rings. The fraction of sp³-hybridized carbons (Fsp3) is 0.520. The highest BCUT2D eigenvalue weighted by Crippen LogP contribution is 2.53. The van der Waals surface area contributed by atoms with Crippen LogP contribution in [0.3, 0.4) is 0 Å². The summed E-state index contributed by atoms with van der Waals surface area (Å²) < 4.78 is 6.40. The highest BCUT2D eigenvalue weighted by atomic mass is 32.1. The first-order valence-corrected chi connectivity index (χ1v) is 12.6. The van der Waals surface area contributed by atoms with Gasteiger partial charge < -0.3 is 10.1 Å². The first-order chi connectivity index (χ1) is 15.9. The van der Waals surface area contributed by atoms with Crippen molar-refractivity contribution in [2.45, 2.75) is 51.5 Å². The number of amides is 1. The van der Waals surface area contributed by atoms with E-state index in [4.69, 9.17) is 9.73 Å². The fourth-order valence-electron chi connectivity index (χ4n) is 6.28. The van der Waals surface area contributed by atoms with Crippen LogP contribution in [-0.2, 0) is 14.3 Å². The summed E-state index contributed by atoms with van der Waals surface area (Å²) in [6.07, 6.45) is 6.77. The van der Waals surface area contributed by atoms with E-state index in [0.29, 0.717) is 23.5 Å². The van der Waals surface area contributed by atoms with Crippen molar-refractivity contribution in [1.29, 1.82) is 0 Å². The number of benzene rings is 1. The Morgan fingerprint density at radius 2 is 2.15 bits per heavy atom. The molecule has 2 N–H and O–H groups in total. The summed E-state index contributed by atoms with van der Waals surface area (Å²) >= 11 is 1.56. The van der Waals surface area contributed by atoms with Crippen LogP contribution in [0.4, 0.5) is 0 Å². The van der Waals surface area contributed by atoms with Gasteiger partial charge in [-0.25, -0.2) is 14.8 Å². The molecule has 2 bridgehead atoms. The lowest BCUT2D eigenvalue weighted by atomic mass is 9.55. The second kappa shape index (κ2) is 8.56. The van der Waals surface area contributed by atoms with E-state index < -0.39 is 5.54 Å². The summed E-state index contributed by atoms with van der Waals surface area (Å²) in [5, 5.41) is 5.99. The lowest BCUT2D eigenvalue weighted by Crippen LogP contribution is -2.58. The molecular weight excluding hydrogens is 436 g/mol. The van der Waals surface area contributed by atoms with Crippen molar-refractivity contribution in [1.82, 2.24) is 15.6 Å². The number of guanidine groups is 1. The van der Waals surface area contributed by atoms with Crippen LogP contribution in [0, 0.1) is 23.7 Å². The first kappa shape index (κ1) is 22.1. The van der Waals surface area contributed by atoms with Crippen LogP contribution < -0.4 is 10.6 Å². The Hall–Kier alpha value is -2.74. The van der Waals surface area contributed by atoms with Crippen LogP contribution in [0.15, 0.2) is 34.4 Å². The Morgan fingerprint density at radius 1 is 1.30 bits per heavy atom. The zero-order valence-electron chi connectivity index (χ0n) is 19.3. The van der Waals surface area contributed by atoms with Gasteiger partial charge in [0.25, 0.3) is 5.91 Å². The maximum atomic E-state index is 13.3. The molecule has 5 unspecified atom stereocenters. The highest BCUT2D eigenvalue weighted by Gasteiger charge is 2.58. The Balaban J connectivity index is 1.50. The van der Waals surface area contributed by atoms with Gasteiger partial charge in [-0.05, 0) is 73.1 Å². The van der Waals surface area contributed by atoms with Crippen LogP contribution in [0.25, 0.3) is 16.3 Å². The van der Waals surface area contributed by atoms with Crippen LogP contribution in [-0.4, -0.2) is 35.5 Å². The average molecular weight is 467 g/mol. The largest absolute Gasteiger partial charge is 0.467 e. The summed E-state index contributed by atoms with van der Waals surface area (Å²) in [7, 11) is 1.44. The number of esters is 1. The van der Waals surface area contributed by atoms with Crippen molar-refractivity contribution < 1.29 is 14.3 Å². The summed E-state index contributed by atoms with van der Waals surface area (Å²) in [4.78, 5) is 35.4. The Kier molecular flexibility index (Phi) is 5.72. The Labute approximate surface area is 197 Å². The number of fused-ring (bicyclic) bond motifs is 3. The number of aromatic nitrogens is 1. The van der Waals surface area contributed by atoms with Crippen LogP contribution in [0.2, 0.25) is 0 Å². The van der Waals surface area contributed by atoms with Crippen molar-refractivity contribution in [3.8, 4) is 0 Å². The summed E-state index contributed by atoms with van der Waals surface area (Å²) in [5.74, 6) is 1.19. The SMILES string of the molecule is CCC1CC2CC(C)CC(C2)C1(N=C1NC(=O)/C(=C/c2ccc3ncsc3c2)N1)C(=O)OC. The molecule has 0 spiro atoms. The number of hydrogen-bond acceptors (Lipinski definition) is 6. The third-order valence-corrected chi connectivity index (χ3v) is 8.39. The molecule has 2 aliphatic carbocycles. The van der Waals surface area contributed by atoms with Crippen LogP contribution in [0.1, 0.15) is 51.5 Å².